The van der Waals surface area contributed by atoms with Crippen LogP contribution in [0.4, 0.5) is 5.69 Å². The number of thiocarbonyl (C=S) groups is 1. The standard InChI is InChI=1S/C23H14BrCl2NO2S2/c24-16-5-10-20(29-13-14-3-1-2-4-19(14)26)15(11-16)12-21-22(28)27(23(30)31-21)18-8-6-17(25)7-9-18/h1-12H,13H2/b21-12-. The number of amides is 1. The van der Waals surface area contributed by atoms with Gasteiger partial charge in [0.15, 0.2) is 4.32 Å². The van der Waals surface area contributed by atoms with E-state index in [1.807, 2.05) is 42.5 Å². The normalized spacial score (nSPS) is 15.1. The van der Waals surface area contributed by atoms with Crippen molar-refractivity contribution in [1.82, 2.24) is 0 Å². The summed E-state index contributed by atoms with van der Waals surface area (Å²) in [6.45, 7) is 0.313. The first-order valence-electron chi connectivity index (χ1n) is 9.11. The molecule has 31 heavy (non-hydrogen) atoms. The van der Waals surface area contributed by atoms with Crippen molar-refractivity contribution in [2.45, 2.75) is 6.61 Å². The third-order valence-corrected chi connectivity index (χ3v) is 6.89. The minimum Gasteiger partial charge on any atom is -0.488 e. The number of halogens is 3. The summed E-state index contributed by atoms with van der Waals surface area (Å²) in [5.74, 6) is 0.453. The Kier molecular flexibility index (Phi) is 7.04. The summed E-state index contributed by atoms with van der Waals surface area (Å²) in [4.78, 5) is 15.1. The Balaban J connectivity index is 1.61. The maximum atomic E-state index is 13.1. The first-order valence-corrected chi connectivity index (χ1v) is 11.9. The van der Waals surface area contributed by atoms with Crippen LogP contribution >= 0.6 is 63.1 Å². The lowest BCUT2D eigenvalue weighted by molar-refractivity contribution is -0.113. The van der Waals surface area contributed by atoms with Crippen LogP contribution in [0, 0.1) is 0 Å². The highest BCUT2D eigenvalue weighted by Gasteiger charge is 2.33. The van der Waals surface area contributed by atoms with Crippen LogP contribution in [0.5, 0.6) is 5.75 Å². The Labute approximate surface area is 208 Å². The molecule has 0 unspecified atom stereocenters. The highest BCUT2D eigenvalue weighted by Crippen LogP contribution is 2.38. The molecule has 1 amide bonds. The number of hydrogen-bond donors (Lipinski definition) is 0. The molecule has 3 aromatic rings. The van der Waals surface area contributed by atoms with Crippen LogP contribution in [0.25, 0.3) is 6.08 Å². The smallest absolute Gasteiger partial charge is 0.270 e. The highest BCUT2D eigenvalue weighted by molar-refractivity contribution is 9.10. The zero-order valence-corrected chi connectivity index (χ0v) is 20.6. The van der Waals surface area contributed by atoms with Crippen molar-refractivity contribution >= 4 is 85.1 Å². The fraction of sp³-hybridized carbons (Fsp3) is 0.0435. The average Bonchev–Trinajstić information content (AvgIpc) is 3.02. The number of thioether (sulfide) groups is 1. The van der Waals surface area contributed by atoms with E-state index in [1.165, 1.54) is 16.7 Å². The Morgan fingerprint density at radius 3 is 2.55 bits per heavy atom. The van der Waals surface area contributed by atoms with Gasteiger partial charge in [-0.3, -0.25) is 9.69 Å². The maximum absolute atomic E-state index is 13.1. The topological polar surface area (TPSA) is 29.5 Å². The van der Waals surface area contributed by atoms with E-state index in [4.69, 9.17) is 40.2 Å². The number of ether oxygens (including phenoxy) is 1. The second-order valence-corrected chi connectivity index (χ2v) is 9.99. The Bertz CT molecular complexity index is 1200. The van der Waals surface area contributed by atoms with E-state index in [1.54, 1.807) is 30.3 Å². The second-order valence-electron chi connectivity index (χ2n) is 6.56. The number of benzene rings is 3. The van der Waals surface area contributed by atoms with Gasteiger partial charge in [-0.2, -0.15) is 0 Å². The molecule has 0 N–H and O–H groups in total. The van der Waals surface area contributed by atoms with E-state index < -0.39 is 0 Å². The van der Waals surface area contributed by atoms with E-state index in [-0.39, 0.29) is 5.91 Å². The van der Waals surface area contributed by atoms with E-state index >= 15 is 0 Å². The lowest BCUT2D eigenvalue weighted by Gasteiger charge is -2.14. The summed E-state index contributed by atoms with van der Waals surface area (Å²) >= 11 is 22.4. The number of anilines is 1. The first-order chi connectivity index (χ1) is 14.9. The van der Waals surface area contributed by atoms with Gasteiger partial charge in [-0.1, -0.05) is 81.3 Å². The number of hydrogen-bond acceptors (Lipinski definition) is 4. The molecule has 0 spiro atoms. The monoisotopic (exact) mass is 549 g/mol. The second kappa shape index (κ2) is 9.76. The van der Waals surface area contributed by atoms with Gasteiger partial charge in [0, 0.05) is 25.6 Å². The van der Waals surface area contributed by atoms with Gasteiger partial charge in [-0.15, -0.1) is 0 Å². The van der Waals surface area contributed by atoms with Crippen LogP contribution in [0.3, 0.4) is 0 Å². The largest absolute Gasteiger partial charge is 0.488 e. The van der Waals surface area contributed by atoms with Crippen molar-refractivity contribution < 1.29 is 9.53 Å². The summed E-state index contributed by atoms with van der Waals surface area (Å²) in [5.41, 5.74) is 2.32. The lowest BCUT2D eigenvalue weighted by Crippen LogP contribution is -2.27. The molecule has 0 atom stereocenters. The zero-order valence-electron chi connectivity index (χ0n) is 15.8. The summed E-state index contributed by atoms with van der Waals surface area (Å²) in [7, 11) is 0. The molecule has 0 aliphatic carbocycles. The van der Waals surface area contributed by atoms with Crippen LogP contribution < -0.4 is 9.64 Å². The molecule has 4 rings (SSSR count). The van der Waals surface area contributed by atoms with Gasteiger partial charge < -0.3 is 4.74 Å². The summed E-state index contributed by atoms with van der Waals surface area (Å²) in [5, 5.41) is 1.24. The Hall–Kier alpha value is -1.83. The van der Waals surface area contributed by atoms with Crippen molar-refractivity contribution in [2.24, 2.45) is 0 Å². The van der Waals surface area contributed by atoms with Gasteiger partial charge >= 0.3 is 0 Å². The molecule has 1 aliphatic heterocycles. The summed E-state index contributed by atoms with van der Waals surface area (Å²) in [6.07, 6.45) is 1.79. The third kappa shape index (κ3) is 5.16. The van der Waals surface area contributed by atoms with Gasteiger partial charge in [0.2, 0.25) is 0 Å². The van der Waals surface area contributed by atoms with E-state index in [9.17, 15) is 4.79 Å². The Morgan fingerprint density at radius 2 is 1.81 bits per heavy atom. The van der Waals surface area contributed by atoms with Crippen LogP contribution in [0.1, 0.15) is 11.1 Å². The SMILES string of the molecule is O=C1/C(=C/c2cc(Br)ccc2OCc2ccccc2Cl)SC(=S)N1c1ccc(Cl)cc1. The minimum absolute atomic E-state index is 0.186. The maximum Gasteiger partial charge on any atom is 0.270 e. The molecule has 0 aromatic heterocycles. The molecule has 3 aromatic carbocycles. The Morgan fingerprint density at radius 1 is 1.06 bits per heavy atom. The molecule has 8 heteroatoms. The molecule has 0 radical (unpaired) electrons. The number of carbonyl (C=O) groups excluding carboxylic acids is 1. The quantitative estimate of drug-likeness (QED) is 0.240. The lowest BCUT2D eigenvalue weighted by atomic mass is 10.1. The molecule has 1 heterocycles. The average molecular weight is 551 g/mol. The number of carbonyl (C=O) groups is 1. The molecular formula is C23H14BrCl2NO2S2. The predicted octanol–water partition coefficient (Wildman–Crippen LogP) is 7.74. The molecule has 3 nitrogen and oxygen atoms in total. The van der Waals surface area contributed by atoms with Gasteiger partial charge in [0.05, 0.1) is 10.6 Å². The number of nitrogens with zero attached hydrogens (tertiary/aromatic N) is 1. The first kappa shape index (κ1) is 22.4. The predicted molar refractivity (Wildman–Crippen MR) is 137 cm³/mol. The van der Waals surface area contributed by atoms with E-state index in [0.29, 0.717) is 37.3 Å². The van der Waals surface area contributed by atoms with Crippen LogP contribution in [-0.4, -0.2) is 10.2 Å². The molecule has 1 saturated heterocycles. The van der Waals surface area contributed by atoms with Crippen molar-refractivity contribution in [1.29, 1.82) is 0 Å². The molecule has 1 aliphatic rings. The zero-order chi connectivity index (χ0) is 22.0. The van der Waals surface area contributed by atoms with E-state index in [2.05, 4.69) is 15.9 Å². The fourth-order valence-corrected chi connectivity index (χ4v) is 4.94. The third-order valence-electron chi connectivity index (χ3n) is 4.48. The van der Waals surface area contributed by atoms with Gasteiger partial charge in [0.25, 0.3) is 5.91 Å². The molecule has 156 valence electrons. The molecule has 0 bridgehead atoms. The van der Waals surface area contributed by atoms with Crippen molar-refractivity contribution in [2.75, 3.05) is 4.90 Å². The molecular weight excluding hydrogens is 537 g/mol. The van der Waals surface area contributed by atoms with Crippen LogP contribution in [0.2, 0.25) is 10.0 Å². The van der Waals surface area contributed by atoms with E-state index in [0.717, 1.165) is 15.6 Å². The van der Waals surface area contributed by atoms with Gasteiger partial charge in [-0.05, 0) is 54.6 Å². The van der Waals surface area contributed by atoms with Gasteiger partial charge in [-0.25, -0.2) is 0 Å². The molecule has 0 saturated carbocycles. The fourth-order valence-electron chi connectivity index (χ4n) is 2.96. The summed E-state index contributed by atoms with van der Waals surface area (Å²) < 4.78 is 7.36. The summed E-state index contributed by atoms with van der Waals surface area (Å²) in [6, 6.07) is 20.2. The van der Waals surface area contributed by atoms with Crippen LogP contribution in [-0.2, 0) is 11.4 Å². The minimum atomic E-state index is -0.186. The number of rotatable bonds is 5. The highest BCUT2D eigenvalue weighted by atomic mass is 79.9. The molecule has 1 fully saturated rings. The van der Waals surface area contributed by atoms with Gasteiger partial charge in [0.1, 0.15) is 12.4 Å². The van der Waals surface area contributed by atoms with Crippen LogP contribution in [0.15, 0.2) is 76.1 Å². The van der Waals surface area contributed by atoms with Crippen molar-refractivity contribution in [3.05, 3.63) is 97.3 Å². The van der Waals surface area contributed by atoms with Crippen molar-refractivity contribution in [3.63, 3.8) is 0 Å². The van der Waals surface area contributed by atoms with Crippen molar-refractivity contribution in [3.8, 4) is 5.75 Å².